The zero-order chi connectivity index (χ0) is 13.5. The summed E-state index contributed by atoms with van der Waals surface area (Å²) in [7, 11) is 0. The fourth-order valence-electron chi connectivity index (χ4n) is 2.56. The molecule has 2 aromatic rings. The van der Waals surface area contributed by atoms with Gasteiger partial charge >= 0.3 is 5.97 Å². The van der Waals surface area contributed by atoms with Crippen molar-refractivity contribution >= 4 is 5.97 Å². The highest BCUT2D eigenvalue weighted by Crippen LogP contribution is 2.48. The van der Waals surface area contributed by atoms with Gasteiger partial charge in [0.2, 0.25) is 0 Å². The van der Waals surface area contributed by atoms with Crippen LogP contribution in [0.4, 0.5) is 0 Å². The van der Waals surface area contributed by atoms with Crippen LogP contribution in [0.5, 0.6) is 11.5 Å². The minimum Gasteiger partial charge on any atom is -0.456 e. The fourth-order valence-corrected chi connectivity index (χ4v) is 2.56. The van der Waals surface area contributed by atoms with Crippen LogP contribution in [0.1, 0.15) is 25.0 Å². The molecule has 0 saturated heterocycles. The lowest BCUT2D eigenvalue weighted by molar-refractivity contribution is -0.152. The lowest BCUT2D eigenvalue weighted by Gasteiger charge is -2.36. The van der Waals surface area contributed by atoms with Gasteiger partial charge in [0, 0.05) is 18.1 Å². The fraction of sp³-hybridized carbons (Fsp3) is 0.188. The number of ether oxygens (including phenoxy) is 2. The Morgan fingerprint density at radius 1 is 1.00 bits per heavy atom. The Morgan fingerprint density at radius 3 is 1.95 bits per heavy atom. The van der Waals surface area contributed by atoms with Crippen LogP contribution in [0, 0.1) is 0 Å². The van der Waals surface area contributed by atoms with E-state index in [4.69, 9.17) is 9.47 Å². The summed E-state index contributed by atoms with van der Waals surface area (Å²) in [5, 5.41) is 0. The molecule has 2 aromatic carbocycles. The molecule has 0 spiro atoms. The second-order valence-corrected chi connectivity index (χ2v) is 4.72. The van der Waals surface area contributed by atoms with Gasteiger partial charge in [-0.15, -0.1) is 0 Å². The number of hydrogen-bond acceptors (Lipinski definition) is 3. The molecule has 96 valence electrons. The molecule has 1 aliphatic heterocycles. The van der Waals surface area contributed by atoms with Crippen LogP contribution in [-0.2, 0) is 15.1 Å². The number of carbonyl (C=O) groups excluding carboxylic acids is 1. The molecule has 0 radical (unpaired) electrons. The maximum atomic E-state index is 11.5. The first kappa shape index (κ1) is 11.8. The number of carbonyl (C=O) groups is 1. The van der Waals surface area contributed by atoms with Crippen LogP contribution in [0.2, 0.25) is 0 Å². The first-order valence-electron chi connectivity index (χ1n) is 6.18. The second kappa shape index (κ2) is 4.12. The molecule has 0 unspecified atom stereocenters. The monoisotopic (exact) mass is 254 g/mol. The summed E-state index contributed by atoms with van der Waals surface area (Å²) in [5.74, 6) is 1.14. The zero-order valence-electron chi connectivity index (χ0n) is 10.8. The average molecular weight is 254 g/mol. The third kappa shape index (κ3) is 1.78. The van der Waals surface area contributed by atoms with E-state index in [9.17, 15) is 4.79 Å². The first-order chi connectivity index (χ1) is 9.11. The lowest BCUT2D eigenvalue weighted by atomic mass is 9.85. The Morgan fingerprint density at radius 2 is 1.47 bits per heavy atom. The number of hydrogen-bond donors (Lipinski definition) is 0. The highest BCUT2D eigenvalue weighted by atomic mass is 16.6. The summed E-state index contributed by atoms with van der Waals surface area (Å²) >= 11 is 0. The number of benzene rings is 2. The van der Waals surface area contributed by atoms with Gasteiger partial charge in [-0.05, 0) is 19.1 Å². The topological polar surface area (TPSA) is 35.5 Å². The Bertz CT molecular complexity index is 600. The van der Waals surface area contributed by atoms with Gasteiger partial charge in [-0.2, -0.15) is 0 Å². The van der Waals surface area contributed by atoms with Crippen LogP contribution >= 0.6 is 0 Å². The number of para-hydroxylation sites is 2. The molecule has 1 aliphatic rings. The Hall–Kier alpha value is -2.29. The summed E-state index contributed by atoms with van der Waals surface area (Å²) in [4.78, 5) is 11.5. The summed E-state index contributed by atoms with van der Waals surface area (Å²) in [6.45, 7) is 3.32. The van der Waals surface area contributed by atoms with Gasteiger partial charge in [-0.1, -0.05) is 36.4 Å². The quantitative estimate of drug-likeness (QED) is 0.729. The molecular formula is C16H14O3. The number of esters is 1. The molecule has 0 aromatic heterocycles. The molecule has 0 saturated carbocycles. The number of rotatable bonds is 1. The van der Waals surface area contributed by atoms with Gasteiger partial charge in [0.05, 0.1) is 0 Å². The smallest absolute Gasteiger partial charge is 0.303 e. The molecule has 3 nitrogen and oxygen atoms in total. The van der Waals surface area contributed by atoms with Gasteiger partial charge in [-0.25, -0.2) is 0 Å². The van der Waals surface area contributed by atoms with E-state index >= 15 is 0 Å². The molecular weight excluding hydrogens is 240 g/mol. The Kier molecular flexibility index (Phi) is 2.56. The van der Waals surface area contributed by atoms with Crippen molar-refractivity contribution in [3.05, 3.63) is 59.7 Å². The minimum absolute atomic E-state index is 0.311. The largest absolute Gasteiger partial charge is 0.456 e. The van der Waals surface area contributed by atoms with E-state index in [-0.39, 0.29) is 5.97 Å². The van der Waals surface area contributed by atoms with Gasteiger partial charge in [0.25, 0.3) is 0 Å². The molecule has 0 bridgehead atoms. The zero-order valence-corrected chi connectivity index (χ0v) is 10.8. The van der Waals surface area contributed by atoms with Gasteiger partial charge < -0.3 is 9.47 Å². The van der Waals surface area contributed by atoms with Gasteiger partial charge in [0.15, 0.2) is 5.60 Å². The highest BCUT2D eigenvalue weighted by Gasteiger charge is 2.40. The van der Waals surface area contributed by atoms with Crippen molar-refractivity contribution in [3.8, 4) is 11.5 Å². The normalized spacial score (nSPS) is 14.8. The summed E-state index contributed by atoms with van der Waals surface area (Å²) in [6, 6.07) is 15.3. The molecule has 0 N–H and O–H groups in total. The maximum Gasteiger partial charge on any atom is 0.303 e. The first-order valence-corrected chi connectivity index (χ1v) is 6.18. The SMILES string of the molecule is CC(=O)OC1(C)c2ccccc2Oc2ccccc21. The number of fused-ring (bicyclic) bond motifs is 2. The van der Waals surface area contributed by atoms with E-state index in [1.165, 1.54) is 6.92 Å². The Balaban J connectivity index is 2.25. The lowest BCUT2D eigenvalue weighted by Crippen LogP contribution is -2.32. The summed E-state index contributed by atoms with van der Waals surface area (Å²) < 4.78 is 11.5. The van der Waals surface area contributed by atoms with E-state index in [2.05, 4.69) is 0 Å². The highest BCUT2D eigenvalue weighted by molar-refractivity contribution is 5.69. The predicted octanol–water partition coefficient (Wildman–Crippen LogP) is 3.62. The van der Waals surface area contributed by atoms with Crippen LogP contribution in [0.25, 0.3) is 0 Å². The molecule has 0 fully saturated rings. The van der Waals surface area contributed by atoms with Gasteiger partial charge in [-0.3, -0.25) is 4.79 Å². The van der Waals surface area contributed by atoms with E-state index in [0.29, 0.717) is 0 Å². The Labute approximate surface area is 111 Å². The standard InChI is InChI=1S/C16H14O3/c1-11(17)19-16(2)12-7-3-5-9-14(12)18-15-10-6-4-8-13(15)16/h3-10H,1-2H3. The van der Waals surface area contributed by atoms with E-state index in [1.807, 2.05) is 55.5 Å². The summed E-state index contributed by atoms with van der Waals surface area (Å²) in [6.07, 6.45) is 0. The van der Waals surface area contributed by atoms with Crippen molar-refractivity contribution in [2.75, 3.05) is 0 Å². The summed E-state index contributed by atoms with van der Waals surface area (Å²) in [5.41, 5.74) is 0.921. The van der Waals surface area contributed by atoms with E-state index in [1.54, 1.807) is 0 Å². The van der Waals surface area contributed by atoms with Crippen LogP contribution in [-0.4, -0.2) is 5.97 Å². The van der Waals surface area contributed by atoms with Crippen LogP contribution in [0.15, 0.2) is 48.5 Å². The van der Waals surface area contributed by atoms with Crippen LogP contribution in [0.3, 0.4) is 0 Å². The predicted molar refractivity (Wildman–Crippen MR) is 71.2 cm³/mol. The van der Waals surface area contributed by atoms with Crippen molar-refractivity contribution in [2.45, 2.75) is 19.4 Å². The molecule has 0 aliphatic carbocycles. The minimum atomic E-state index is -0.808. The van der Waals surface area contributed by atoms with Gasteiger partial charge in [0.1, 0.15) is 11.5 Å². The average Bonchev–Trinajstić information content (AvgIpc) is 2.38. The molecule has 0 amide bonds. The van der Waals surface area contributed by atoms with Crippen molar-refractivity contribution in [1.29, 1.82) is 0 Å². The maximum absolute atomic E-state index is 11.5. The molecule has 19 heavy (non-hydrogen) atoms. The van der Waals surface area contributed by atoms with Crippen molar-refractivity contribution < 1.29 is 14.3 Å². The third-order valence-electron chi connectivity index (χ3n) is 3.37. The molecule has 3 heteroatoms. The van der Waals surface area contributed by atoms with Crippen LogP contribution < -0.4 is 4.74 Å². The van der Waals surface area contributed by atoms with Crippen molar-refractivity contribution in [1.82, 2.24) is 0 Å². The van der Waals surface area contributed by atoms with E-state index < -0.39 is 5.60 Å². The molecule has 1 heterocycles. The third-order valence-corrected chi connectivity index (χ3v) is 3.37. The van der Waals surface area contributed by atoms with Crippen molar-refractivity contribution in [3.63, 3.8) is 0 Å². The van der Waals surface area contributed by atoms with Crippen molar-refractivity contribution in [2.24, 2.45) is 0 Å². The molecule has 3 rings (SSSR count). The second-order valence-electron chi connectivity index (χ2n) is 4.72. The molecule has 0 atom stereocenters. The van der Waals surface area contributed by atoms with E-state index in [0.717, 1.165) is 22.6 Å².